The second-order valence-electron chi connectivity index (χ2n) is 3.80. The van der Waals surface area contributed by atoms with Crippen molar-refractivity contribution >= 4 is 5.82 Å². The third kappa shape index (κ3) is 1.78. The van der Waals surface area contributed by atoms with Crippen LogP contribution in [0.3, 0.4) is 0 Å². The first kappa shape index (κ1) is 10.7. The van der Waals surface area contributed by atoms with Crippen molar-refractivity contribution in [3.8, 4) is 11.1 Å². The van der Waals surface area contributed by atoms with Crippen molar-refractivity contribution in [2.75, 3.05) is 5.73 Å². The molecule has 2 N–H and O–H groups in total. The zero-order chi connectivity index (χ0) is 11.5. The van der Waals surface area contributed by atoms with Gasteiger partial charge in [0.25, 0.3) is 0 Å². The van der Waals surface area contributed by atoms with E-state index >= 15 is 0 Å². The highest BCUT2D eigenvalue weighted by Crippen LogP contribution is 2.26. The van der Waals surface area contributed by atoms with E-state index in [1.807, 2.05) is 23.0 Å². The lowest BCUT2D eigenvalue weighted by Gasteiger charge is -2.05. The van der Waals surface area contributed by atoms with Crippen LogP contribution in [0.15, 0.2) is 24.5 Å². The normalized spacial score (nSPS) is 10.6. The SMILES string of the molecule is CCCn1ncc(-c2cccnc2N)c1C. The molecule has 0 radical (unpaired) electrons. The number of aryl methyl sites for hydroxylation is 1. The standard InChI is InChI=1S/C12H16N4/c1-3-7-16-9(2)11(8-15-16)10-5-4-6-14-12(10)13/h4-6,8H,3,7H2,1-2H3,(H2,13,14). The van der Waals surface area contributed by atoms with Gasteiger partial charge in [0.05, 0.1) is 6.20 Å². The molecule has 0 saturated carbocycles. The molecular weight excluding hydrogens is 200 g/mol. The van der Waals surface area contributed by atoms with Crippen molar-refractivity contribution in [3.63, 3.8) is 0 Å². The van der Waals surface area contributed by atoms with Crippen LogP contribution in [0, 0.1) is 6.92 Å². The molecule has 2 aromatic heterocycles. The molecule has 0 aliphatic heterocycles. The Morgan fingerprint density at radius 3 is 2.88 bits per heavy atom. The molecular formula is C12H16N4. The molecule has 0 aliphatic rings. The zero-order valence-electron chi connectivity index (χ0n) is 9.64. The molecule has 2 rings (SSSR count). The molecule has 0 aliphatic carbocycles. The molecule has 0 atom stereocenters. The fraction of sp³-hybridized carbons (Fsp3) is 0.333. The number of nitrogens with two attached hydrogens (primary N) is 1. The molecule has 0 unspecified atom stereocenters. The summed E-state index contributed by atoms with van der Waals surface area (Å²) in [6, 6.07) is 3.87. The fourth-order valence-electron chi connectivity index (χ4n) is 1.79. The highest BCUT2D eigenvalue weighted by molar-refractivity contribution is 5.74. The summed E-state index contributed by atoms with van der Waals surface area (Å²) in [5, 5.41) is 4.36. The summed E-state index contributed by atoms with van der Waals surface area (Å²) in [6.45, 7) is 5.13. The van der Waals surface area contributed by atoms with Crippen molar-refractivity contribution in [1.29, 1.82) is 0 Å². The number of nitrogens with zero attached hydrogens (tertiary/aromatic N) is 3. The maximum absolute atomic E-state index is 5.86. The minimum Gasteiger partial charge on any atom is -0.383 e. The first-order chi connectivity index (χ1) is 7.74. The minimum atomic E-state index is 0.557. The second kappa shape index (κ2) is 4.35. The highest BCUT2D eigenvalue weighted by Gasteiger charge is 2.10. The molecule has 0 saturated heterocycles. The van der Waals surface area contributed by atoms with E-state index in [-0.39, 0.29) is 0 Å². The highest BCUT2D eigenvalue weighted by atomic mass is 15.3. The maximum atomic E-state index is 5.86. The van der Waals surface area contributed by atoms with E-state index < -0.39 is 0 Å². The third-order valence-electron chi connectivity index (χ3n) is 2.67. The van der Waals surface area contributed by atoms with E-state index in [0.29, 0.717) is 5.82 Å². The summed E-state index contributed by atoms with van der Waals surface area (Å²) in [7, 11) is 0. The van der Waals surface area contributed by atoms with Gasteiger partial charge in [-0.2, -0.15) is 5.10 Å². The smallest absolute Gasteiger partial charge is 0.131 e. The number of hydrogen-bond donors (Lipinski definition) is 1. The topological polar surface area (TPSA) is 56.7 Å². The molecule has 0 aromatic carbocycles. The van der Waals surface area contributed by atoms with Crippen molar-refractivity contribution in [2.24, 2.45) is 0 Å². The third-order valence-corrected chi connectivity index (χ3v) is 2.67. The summed E-state index contributed by atoms with van der Waals surface area (Å²) >= 11 is 0. The second-order valence-corrected chi connectivity index (χ2v) is 3.80. The fourth-order valence-corrected chi connectivity index (χ4v) is 1.79. The van der Waals surface area contributed by atoms with Gasteiger partial charge in [-0.1, -0.05) is 6.92 Å². The van der Waals surface area contributed by atoms with Gasteiger partial charge in [-0.05, 0) is 25.5 Å². The number of aromatic nitrogens is 3. The molecule has 0 amide bonds. The lowest BCUT2D eigenvalue weighted by Crippen LogP contribution is -2.01. The maximum Gasteiger partial charge on any atom is 0.131 e. The number of hydrogen-bond acceptors (Lipinski definition) is 3. The van der Waals surface area contributed by atoms with E-state index in [4.69, 9.17) is 5.73 Å². The van der Waals surface area contributed by atoms with Crippen LogP contribution in [-0.4, -0.2) is 14.8 Å². The number of nitrogen functional groups attached to an aromatic ring is 1. The van der Waals surface area contributed by atoms with Crippen LogP contribution < -0.4 is 5.73 Å². The molecule has 0 spiro atoms. The van der Waals surface area contributed by atoms with Crippen LogP contribution in [0.25, 0.3) is 11.1 Å². The van der Waals surface area contributed by atoms with Crippen LogP contribution in [0.1, 0.15) is 19.0 Å². The average molecular weight is 216 g/mol. The van der Waals surface area contributed by atoms with Gasteiger partial charge in [0.15, 0.2) is 0 Å². The molecule has 4 heteroatoms. The first-order valence-electron chi connectivity index (χ1n) is 5.47. The number of rotatable bonds is 3. The van der Waals surface area contributed by atoms with Crippen LogP contribution in [0.4, 0.5) is 5.82 Å². The van der Waals surface area contributed by atoms with Crippen molar-refractivity contribution in [3.05, 3.63) is 30.2 Å². The van der Waals surface area contributed by atoms with E-state index in [1.165, 1.54) is 0 Å². The zero-order valence-corrected chi connectivity index (χ0v) is 9.64. The lowest BCUT2D eigenvalue weighted by molar-refractivity contribution is 0.587. The largest absolute Gasteiger partial charge is 0.383 e. The van der Waals surface area contributed by atoms with E-state index in [9.17, 15) is 0 Å². The molecule has 4 nitrogen and oxygen atoms in total. The molecule has 84 valence electrons. The first-order valence-corrected chi connectivity index (χ1v) is 5.47. The molecule has 16 heavy (non-hydrogen) atoms. The predicted octanol–water partition coefficient (Wildman–Crippen LogP) is 2.25. The van der Waals surface area contributed by atoms with Gasteiger partial charge in [-0.25, -0.2) is 4.98 Å². The van der Waals surface area contributed by atoms with Crippen molar-refractivity contribution in [1.82, 2.24) is 14.8 Å². The Balaban J connectivity index is 2.45. The molecule has 0 bridgehead atoms. The van der Waals surface area contributed by atoms with Gasteiger partial charge in [0, 0.05) is 29.6 Å². The Morgan fingerprint density at radius 2 is 2.19 bits per heavy atom. The Hall–Kier alpha value is -1.84. The Kier molecular flexibility index (Phi) is 2.90. The van der Waals surface area contributed by atoms with Gasteiger partial charge in [-0.3, -0.25) is 4.68 Å². The Bertz CT molecular complexity index is 488. The average Bonchev–Trinajstić information content (AvgIpc) is 2.62. The number of anilines is 1. The summed E-state index contributed by atoms with van der Waals surface area (Å²) in [6.07, 6.45) is 4.63. The van der Waals surface area contributed by atoms with Gasteiger partial charge in [0.2, 0.25) is 0 Å². The molecule has 2 heterocycles. The van der Waals surface area contributed by atoms with Gasteiger partial charge in [-0.15, -0.1) is 0 Å². The van der Waals surface area contributed by atoms with Crippen molar-refractivity contribution < 1.29 is 0 Å². The summed E-state index contributed by atoms with van der Waals surface area (Å²) < 4.78 is 2.00. The Morgan fingerprint density at radius 1 is 1.38 bits per heavy atom. The van der Waals surface area contributed by atoms with E-state index in [2.05, 4.69) is 23.9 Å². The molecule has 0 fully saturated rings. The summed E-state index contributed by atoms with van der Waals surface area (Å²) in [4.78, 5) is 4.09. The van der Waals surface area contributed by atoms with Crippen LogP contribution >= 0.6 is 0 Å². The monoisotopic (exact) mass is 216 g/mol. The predicted molar refractivity (Wildman–Crippen MR) is 64.9 cm³/mol. The van der Waals surface area contributed by atoms with Crippen LogP contribution in [0.2, 0.25) is 0 Å². The van der Waals surface area contributed by atoms with Gasteiger partial charge >= 0.3 is 0 Å². The van der Waals surface area contributed by atoms with Crippen LogP contribution in [0.5, 0.6) is 0 Å². The Labute approximate surface area is 95.1 Å². The van der Waals surface area contributed by atoms with Gasteiger partial charge < -0.3 is 5.73 Å². The summed E-state index contributed by atoms with van der Waals surface area (Å²) in [5.74, 6) is 0.557. The van der Waals surface area contributed by atoms with E-state index in [0.717, 1.165) is 29.8 Å². The quantitative estimate of drug-likeness (QED) is 0.856. The number of pyridine rings is 1. The minimum absolute atomic E-state index is 0.557. The summed E-state index contributed by atoms with van der Waals surface area (Å²) in [5.41, 5.74) is 9.03. The van der Waals surface area contributed by atoms with Crippen molar-refractivity contribution in [2.45, 2.75) is 26.8 Å². The van der Waals surface area contributed by atoms with Gasteiger partial charge in [0.1, 0.15) is 5.82 Å². The van der Waals surface area contributed by atoms with E-state index in [1.54, 1.807) is 6.20 Å². The molecule has 2 aromatic rings. The van der Waals surface area contributed by atoms with Crippen LogP contribution in [-0.2, 0) is 6.54 Å². The lowest BCUT2D eigenvalue weighted by atomic mass is 10.1.